The first-order chi connectivity index (χ1) is 9.75. The lowest BCUT2D eigenvalue weighted by atomic mass is 10.0. The Morgan fingerprint density at radius 1 is 1.10 bits per heavy atom. The fraction of sp³-hybridized carbons (Fsp3) is 0.267. The van der Waals surface area contributed by atoms with Crippen LogP contribution in [0.15, 0.2) is 46.3 Å². The first-order valence-electron chi connectivity index (χ1n) is 6.28. The summed E-state index contributed by atoms with van der Waals surface area (Å²) < 4.78 is 38.2. The second-order valence-corrected chi connectivity index (χ2v) is 6.32. The van der Waals surface area contributed by atoms with E-state index in [0.717, 1.165) is 28.8 Å². The summed E-state index contributed by atoms with van der Waals surface area (Å²) in [5.74, 6) is 0.408. The van der Waals surface area contributed by atoms with Gasteiger partial charge in [0.25, 0.3) is 0 Å². The van der Waals surface area contributed by atoms with Crippen molar-refractivity contribution in [2.24, 2.45) is 0 Å². The molecule has 0 aliphatic rings. The third kappa shape index (κ3) is 4.38. The van der Waals surface area contributed by atoms with Gasteiger partial charge in [-0.1, -0.05) is 49.3 Å². The van der Waals surface area contributed by atoms with Gasteiger partial charge < -0.3 is 0 Å². The maximum absolute atomic E-state index is 12.7. The maximum Gasteiger partial charge on any atom is 0.416 e. The van der Waals surface area contributed by atoms with Crippen LogP contribution in [0, 0.1) is 0 Å². The maximum atomic E-state index is 12.7. The minimum Gasteiger partial charge on any atom is -0.229 e. The van der Waals surface area contributed by atoms with E-state index < -0.39 is 11.7 Å². The van der Waals surface area contributed by atoms with E-state index in [1.165, 1.54) is 5.56 Å². The number of halogens is 4. The van der Waals surface area contributed by atoms with Crippen molar-refractivity contribution in [2.75, 3.05) is 0 Å². The minimum atomic E-state index is -4.43. The van der Waals surface area contributed by atoms with Crippen molar-refractivity contribution in [3.05, 3.63) is 52.7 Å². The fourth-order valence-electron chi connectivity index (χ4n) is 1.73. The number of pyridine rings is 1. The third-order valence-electron chi connectivity index (χ3n) is 2.87. The number of rotatable bonds is 3. The molecule has 2 rings (SSSR count). The fourth-order valence-corrected chi connectivity index (χ4v) is 2.83. The topological polar surface area (TPSA) is 12.9 Å². The van der Waals surface area contributed by atoms with E-state index in [4.69, 9.17) is 11.6 Å². The molecule has 0 amide bonds. The quantitative estimate of drug-likeness (QED) is 0.637. The van der Waals surface area contributed by atoms with Gasteiger partial charge in [0.05, 0.1) is 5.56 Å². The summed E-state index contributed by atoms with van der Waals surface area (Å²) in [4.78, 5) is 4.75. The molecule has 0 atom stereocenters. The van der Waals surface area contributed by atoms with Gasteiger partial charge in [-0.3, -0.25) is 0 Å². The lowest BCUT2D eigenvalue weighted by Crippen LogP contribution is -2.05. The van der Waals surface area contributed by atoms with Crippen LogP contribution in [0.3, 0.4) is 0 Å². The van der Waals surface area contributed by atoms with Gasteiger partial charge in [-0.15, -0.1) is 0 Å². The summed E-state index contributed by atoms with van der Waals surface area (Å²) in [5, 5.41) is 0.0678. The predicted octanol–water partition coefficient (Wildman–Crippen LogP) is 6.03. The molecule has 0 fully saturated rings. The Labute approximate surface area is 130 Å². The number of hydrogen-bond acceptors (Lipinski definition) is 2. The molecule has 2 aromatic rings. The molecular weight excluding hydrogens is 319 g/mol. The van der Waals surface area contributed by atoms with E-state index in [-0.39, 0.29) is 10.2 Å². The van der Waals surface area contributed by atoms with Crippen LogP contribution in [-0.4, -0.2) is 4.98 Å². The lowest BCUT2D eigenvalue weighted by molar-refractivity contribution is -0.137. The zero-order chi connectivity index (χ0) is 15.6. The molecule has 21 heavy (non-hydrogen) atoms. The molecule has 0 unspecified atom stereocenters. The molecule has 1 heterocycles. The van der Waals surface area contributed by atoms with Gasteiger partial charge in [-0.2, -0.15) is 13.2 Å². The van der Waals surface area contributed by atoms with Crippen LogP contribution in [0.25, 0.3) is 0 Å². The highest BCUT2D eigenvalue weighted by atomic mass is 35.5. The molecule has 6 heteroatoms. The van der Waals surface area contributed by atoms with Gasteiger partial charge in [0.15, 0.2) is 0 Å². The van der Waals surface area contributed by atoms with Gasteiger partial charge in [0.1, 0.15) is 10.2 Å². The molecule has 0 aliphatic heterocycles. The highest BCUT2D eigenvalue weighted by Gasteiger charge is 2.31. The summed E-state index contributed by atoms with van der Waals surface area (Å²) >= 11 is 6.82. The number of nitrogens with zero attached hydrogens (tertiary/aromatic N) is 1. The molecule has 1 aromatic carbocycles. The van der Waals surface area contributed by atoms with Gasteiger partial charge >= 0.3 is 6.18 Å². The molecule has 0 saturated heterocycles. The molecule has 1 nitrogen and oxygen atoms in total. The van der Waals surface area contributed by atoms with Crippen LogP contribution in [0.1, 0.15) is 30.9 Å². The van der Waals surface area contributed by atoms with Crippen LogP contribution in [-0.2, 0) is 6.18 Å². The van der Waals surface area contributed by atoms with Gasteiger partial charge in [-0.25, -0.2) is 4.98 Å². The van der Waals surface area contributed by atoms with Crippen molar-refractivity contribution in [1.82, 2.24) is 4.98 Å². The van der Waals surface area contributed by atoms with E-state index in [2.05, 4.69) is 18.8 Å². The van der Waals surface area contributed by atoms with Crippen molar-refractivity contribution in [2.45, 2.75) is 35.9 Å². The van der Waals surface area contributed by atoms with Crippen LogP contribution in [0.4, 0.5) is 13.2 Å². The van der Waals surface area contributed by atoms with E-state index in [1.807, 2.05) is 24.3 Å². The smallest absolute Gasteiger partial charge is 0.229 e. The van der Waals surface area contributed by atoms with Gasteiger partial charge in [-0.05, 0) is 35.7 Å². The molecule has 0 spiro atoms. The van der Waals surface area contributed by atoms with E-state index in [1.54, 1.807) is 0 Å². The average Bonchev–Trinajstić information content (AvgIpc) is 2.37. The highest BCUT2D eigenvalue weighted by molar-refractivity contribution is 7.99. The Bertz CT molecular complexity index is 624. The van der Waals surface area contributed by atoms with E-state index >= 15 is 0 Å². The van der Waals surface area contributed by atoms with E-state index in [0.29, 0.717) is 5.92 Å². The van der Waals surface area contributed by atoms with Crippen molar-refractivity contribution in [3.63, 3.8) is 0 Å². The minimum absolute atomic E-state index is 0.161. The zero-order valence-corrected chi connectivity index (χ0v) is 13.0. The van der Waals surface area contributed by atoms with Crippen LogP contribution >= 0.6 is 23.4 Å². The van der Waals surface area contributed by atoms with Gasteiger partial charge in [0, 0.05) is 4.90 Å². The Balaban J connectivity index is 2.25. The summed E-state index contributed by atoms with van der Waals surface area (Å²) in [5.41, 5.74) is 0.387. The van der Waals surface area contributed by atoms with Gasteiger partial charge in [0.2, 0.25) is 0 Å². The standard InChI is InChI=1S/C15H13ClF3NS/c1-9(2)10-3-5-12(6-4-10)21-14-8-11(15(17,18)19)7-13(16)20-14/h3-9H,1-2H3. The third-order valence-corrected chi connectivity index (χ3v) is 3.99. The molecule has 0 bridgehead atoms. The summed E-state index contributed by atoms with van der Waals surface area (Å²) in [7, 11) is 0. The van der Waals surface area contributed by atoms with Crippen LogP contribution in [0.5, 0.6) is 0 Å². The Hall–Kier alpha value is -1.20. The SMILES string of the molecule is CC(C)c1ccc(Sc2cc(C(F)(F)F)cc(Cl)n2)cc1. The van der Waals surface area contributed by atoms with Crippen molar-refractivity contribution < 1.29 is 13.2 Å². The second kappa shape index (κ2) is 6.28. The molecule has 0 saturated carbocycles. The Kier molecular flexibility index (Phi) is 4.84. The number of alkyl halides is 3. The Morgan fingerprint density at radius 3 is 2.24 bits per heavy atom. The highest BCUT2D eigenvalue weighted by Crippen LogP contribution is 2.35. The zero-order valence-electron chi connectivity index (χ0n) is 11.4. The van der Waals surface area contributed by atoms with Crippen molar-refractivity contribution >= 4 is 23.4 Å². The predicted molar refractivity (Wildman–Crippen MR) is 78.9 cm³/mol. The Morgan fingerprint density at radius 2 is 1.71 bits per heavy atom. The number of aromatic nitrogens is 1. The van der Waals surface area contributed by atoms with E-state index in [9.17, 15) is 13.2 Å². The lowest BCUT2D eigenvalue weighted by Gasteiger charge is -2.10. The van der Waals surface area contributed by atoms with Crippen molar-refractivity contribution in [3.8, 4) is 0 Å². The summed E-state index contributed by atoms with van der Waals surface area (Å²) in [6.07, 6.45) is -4.43. The first-order valence-corrected chi connectivity index (χ1v) is 7.48. The number of benzene rings is 1. The average molecular weight is 332 g/mol. The molecule has 0 N–H and O–H groups in total. The molecular formula is C15H13ClF3NS. The molecule has 0 radical (unpaired) electrons. The normalized spacial score (nSPS) is 12.0. The van der Waals surface area contributed by atoms with Crippen LogP contribution in [0.2, 0.25) is 5.15 Å². The summed E-state index contributed by atoms with van der Waals surface area (Å²) in [6, 6.07) is 9.50. The molecule has 1 aromatic heterocycles. The number of hydrogen-bond donors (Lipinski definition) is 0. The second-order valence-electron chi connectivity index (χ2n) is 4.84. The monoisotopic (exact) mass is 331 g/mol. The first kappa shape index (κ1) is 16.2. The summed E-state index contributed by atoms with van der Waals surface area (Å²) in [6.45, 7) is 4.16. The van der Waals surface area contributed by atoms with Crippen LogP contribution < -0.4 is 0 Å². The largest absolute Gasteiger partial charge is 0.416 e. The molecule has 112 valence electrons. The molecule has 0 aliphatic carbocycles. The van der Waals surface area contributed by atoms with Crippen molar-refractivity contribution in [1.29, 1.82) is 0 Å².